The number of aliphatic hydroxyl groups is 4. The number of carbonyl (C=O) groups is 2. The van der Waals surface area contributed by atoms with Crippen LogP contribution in [0.15, 0.2) is 24.3 Å². The topological polar surface area (TPSA) is 134 Å². The Balaban J connectivity index is 3.89. The van der Waals surface area contributed by atoms with E-state index in [-0.39, 0.29) is 50.2 Å². The molecule has 0 saturated heterocycles. The largest absolute Gasteiger partial charge is 0.465 e. The Bertz CT molecular complexity index is 745. The molecule has 4 N–H and O–H groups in total. The first-order chi connectivity index (χ1) is 23.8. The summed E-state index contributed by atoms with van der Waals surface area (Å²) >= 11 is 0. The van der Waals surface area contributed by atoms with Crippen LogP contribution in [0.5, 0.6) is 0 Å². The molecule has 0 saturated carbocycles. The van der Waals surface area contributed by atoms with E-state index >= 15 is 0 Å². The summed E-state index contributed by atoms with van der Waals surface area (Å²) in [6, 6.07) is 0. The van der Waals surface area contributed by atoms with Gasteiger partial charge >= 0.3 is 11.9 Å². The fourth-order valence-electron chi connectivity index (χ4n) is 5.60. The zero-order valence-corrected chi connectivity index (χ0v) is 31.6. The van der Waals surface area contributed by atoms with E-state index in [0.29, 0.717) is 0 Å². The third-order valence-electron chi connectivity index (χ3n) is 9.18. The lowest BCUT2D eigenvalue weighted by atomic mass is 9.92. The van der Waals surface area contributed by atoms with Crippen molar-refractivity contribution >= 4 is 11.9 Å². The highest BCUT2D eigenvalue weighted by atomic mass is 16.5. The highest BCUT2D eigenvalue weighted by Gasteiger charge is 2.33. The van der Waals surface area contributed by atoms with Crippen LogP contribution >= 0.6 is 0 Å². The lowest BCUT2D eigenvalue weighted by molar-refractivity contribution is -0.159. The van der Waals surface area contributed by atoms with Gasteiger partial charge in [0, 0.05) is 12.8 Å². The van der Waals surface area contributed by atoms with Gasteiger partial charge in [0.25, 0.3) is 0 Å². The Kier molecular flexibility index (Phi) is 33.5. The molecule has 8 heteroatoms. The van der Waals surface area contributed by atoms with E-state index in [1.54, 1.807) is 0 Å². The molecular formula is C41H76O8. The fraction of sp³-hybridized carbons (Fsp3) is 0.854. The summed E-state index contributed by atoms with van der Waals surface area (Å²) in [5, 5.41) is 39.8. The molecule has 0 aliphatic carbocycles. The summed E-state index contributed by atoms with van der Waals surface area (Å²) in [6.45, 7) is 3.08. The van der Waals surface area contributed by atoms with Crippen molar-refractivity contribution in [3.8, 4) is 0 Å². The molecule has 0 rings (SSSR count). The average molecular weight is 697 g/mol. The van der Waals surface area contributed by atoms with Gasteiger partial charge in [-0.2, -0.15) is 0 Å². The predicted molar refractivity (Wildman–Crippen MR) is 200 cm³/mol. The second-order valence-electron chi connectivity index (χ2n) is 14.2. The standard InChI is InChI=1S/C41H76O8/c1-3-5-7-21-27-37(44)29-23-17-13-9-11-15-19-25-31-39(46)48-35-41(33-42,34-43)36-49-40(47)32-26-20-16-12-10-14-18-24-30-38(45)28-22-8-6-4-2/h17-18,23-24,37-38,42-45H,3-16,19-22,25-36H2,1-2H3. The van der Waals surface area contributed by atoms with Gasteiger partial charge in [0.05, 0.1) is 30.8 Å². The molecule has 0 aliphatic rings. The van der Waals surface area contributed by atoms with Gasteiger partial charge in [-0.1, -0.05) is 128 Å². The van der Waals surface area contributed by atoms with E-state index in [1.165, 1.54) is 38.5 Å². The summed E-state index contributed by atoms with van der Waals surface area (Å²) in [7, 11) is 0. The van der Waals surface area contributed by atoms with Crippen molar-refractivity contribution in [2.75, 3.05) is 26.4 Å². The Morgan fingerprint density at radius 3 is 1.29 bits per heavy atom. The summed E-state index contributed by atoms with van der Waals surface area (Å²) < 4.78 is 10.7. The van der Waals surface area contributed by atoms with Crippen LogP contribution in [0.2, 0.25) is 0 Å². The first kappa shape index (κ1) is 47.3. The molecule has 0 amide bonds. The normalized spacial score (nSPS) is 13.3. The Labute approximate surface area is 300 Å². The van der Waals surface area contributed by atoms with Crippen LogP contribution in [0.3, 0.4) is 0 Å². The van der Waals surface area contributed by atoms with Gasteiger partial charge in [-0.25, -0.2) is 0 Å². The van der Waals surface area contributed by atoms with Crippen LogP contribution in [0.4, 0.5) is 0 Å². The van der Waals surface area contributed by atoms with Crippen LogP contribution < -0.4 is 0 Å². The number of hydrogen-bond acceptors (Lipinski definition) is 8. The monoisotopic (exact) mass is 697 g/mol. The number of rotatable bonds is 36. The smallest absolute Gasteiger partial charge is 0.305 e. The van der Waals surface area contributed by atoms with Gasteiger partial charge < -0.3 is 29.9 Å². The molecule has 0 aromatic heterocycles. The van der Waals surface area contributed by atoms with Crippen molar-refractivity contribution in [2.24, 2.45) is 5.41 Å². The fourth-order valence-corrected chi connectivity index (χ4v) is 5.60. The number of unbranched alkanes of at least 4 members (excludes halogenated alkanes) is 16. The van der Waals surface area contributed by atoms with E-state index in [9.17, 15) is 30.0 Å². The highest BCUT2D eigenvalue weighted by molar-refractivity contribution is 5.69. The Morgan fingerprint density at radius 1 is 0.531 bits per heavy atom. The molecule has 288 valence electrons. The van der Waals surface area contributed by atoms with Crippen molar-refractivity contribution in [3.05, 3.63) is 24.3 Å². The van der Waals surface area contributed by atoms with Crippen molar-refractivity contribution in [2.45, 2.75) is 193 Å². The van der Waals surface area contributed by atoms with Crippen LogP contribution in [0, 0.1) is 5.41 Å². The zero-order valence-electron chi connectivity index (χ0n) is 31.6. The summed E-state index contributed by atoms with van der Waals surface area (Å²) in [4.78, 5) is 24.5. The van der Waals surface area contributed by atoms with Crippen LogP contribution in [-0.4, -0.2) is 71.0 Å². The van der Waals surface area contributed by atoms with Gasteiger partial charge in [0.15, 0.2) is 0 Å². The first-order valence-corrected chi connectivity index (χ1v) is 20.0. The lowest BCUT2D eigenvalue weighted by Crippen LogP contribution is -2.41. The number of aliphatic hydroxyl groups excluding tert-OH is 4. The van der Waals surface area contributed by atoms with E-state index in [4.69, 9.17) is 9.47 Å². The van der Waals surface area contributed by atoms with Crippen LogP contribution in [0.25, 0.3) is 0 Å². The second kappa shape index (κ2) is 34.7. The maximum atomic E-state index is 12.3. The molecule has 2 atom stereocenters. The van der Waals surface area contributed by atoms with Gasteiger partial charge in [0.2, 0.25) is 0 Å². The molecule has 0 spiro atoms. The molecule has 0 aromatic carbocycles. The van der Waals surface area contributed by atoms with E-state index < -0.39 is 18.6 Å². The van der Waals surface area contributed by atoms with E-state index in [1.807, 2.05) is 0 Å². The molecule has 0 bridgehead atoms. The number of allylic oxidation sites excluding steroid dienone is 2. The van der Waals surface area contributed by atoms with Gasteiger partial charge in [-0.05, 0) is 64.2 Å². The SMILES string of the molecule is CCCCCCC(O)CC=CCCCCCCCC(=O)OCC(CO)(CO)COC(=O)CCCCCCCC=CCC(O)CCCCCC. The maximum absolute atomic E-state index is 12.3. The molecule has 0 aliphatic heterocycles. The molecule has 0 heterocycles. The molecule has 49 heavy (non-hydrogen) atoms. The van der Waals surface area contributed by atoms with Crippen molar-refractivity contribution < 1.29 is 39.5 Å². The molecular weight excluding hydrogens is 620 g/mol. The molecule has 8 nitrogen and oxygen atoms in total. The average Bonchev–Trinajstić information content (AvgIpc) is 3.10. The molecule has 2 unspecified atom stereocenters. The van der Waals surface area contributed by atoms with Gasteiger partial charge in [-0.15, -0.1) is 0 Å². The van der Waals surface area contributed by atoms with Crippen LogP contribution in [-0.2, 0) is 19.1 Å². The number of ether oxygens (including phenoxy) is 2. The Hall–Kier alpha value is -1.74. The zero-order chi connectivity index (χ0) is 36.3. The third kappa shape index (κ3) is 30.8. The molecule has 0 aromatic rings. The second-order valence-corrected chi connectivity index (χ2v) is 14.2. The van der Waals surface area contributed by atoms with Crippen molar-refractivity contribution in [1.82, 2.24) is 0 Å². The first-order valence-electron chi connectivity index (χ1n) is 20.0. The number of esters is 2. The van der Waals surface area contributed by atoms with Crippen LogP contribution in [0.1, 0.15) is 181 Å². The van der Waals surface area contributed by atoms with E-state index in [2.05, 4.69) is 38.2 Å². The van der Waals surface area contributed by atoms with Crippen molar-refractivity contribution in [1.29, 1.82) is 0 Å². The molecule has 0 radical (unpaired) electrons. The summed E-state index contributed by atoms with van der Waals surface area (Å²) in [5.41, 5.74) is -1.21. The third-order valence-corrected chi connectivity index (χ3v) is 9.18. The predicted octanol–water partition coefficient (Wildman–Crippen LogP) is 9.06. The maximum Gasteiger partial charge on any atom is 0.305 e. The quantitative estimate of drug-likeness (QED) is 0.0290. The minimum atomic E-state index is -1.21. The van der Waals surface area contributed by atoms with Crippen molar-refractivity contribution in [3.63, 3.8) is 0 Å². The van der Waals surface area contributed by atoms with E-state index in [0.717, 1.165) is 116 Å². The summed E-state index contributed by atoms with van der Waals surface area (Å²) in [5.74, 6) is -0.751. The number of carbonyl (C=O) groups excluding carboxylic acids is 2. The Morgan fingerprint density at radius 2 is 0.898 bits per heavy atom. The minimum Gasteiger partial charge on any atom is -0.465 e. The summed E-state index contributed by atoms with van der Waals surface area (Å²) in [6.07, 6.45) is 33.1. The lowest BCUT2D eigenvalue weighted by Gasteiger charge is -2.28. The van der Waals surface area contributed by atoms with Gasteiger partial charge in [-0.3, -0.25) is 9.59 Å². The minimum absolute atomic E-state index is 0.196. The number of hydrogen-bond donors (Lipinski definition) is 4. The highest BCUT2D eigenvalue weighted by Crippen LogP contribution is 2.19. The van der Waals surface area contributed by atoms with Gasteiger partial charge in [0.1, 0.15) is 13.2 Å². The molecule has 0 fully saturated rings.